The topological polar surface area (TPSA) is 46.9 Å². The fraction of sp³-hybridized carbons (Fsp3) is 0.636. The number of hydrogen-bond acceptors (Lipinski definition) is 2. The highest BCUT2D eigenvalue weighted by Gasteiger charge is 2.41. The van der Waals surface area contributed by atoms with Gasteiger partial charge in [0.2, 0.25) is 0 Å². The molecule has 1 saturated carbocycles. The Kier molecular flexibility index (Phi) is 3.19. The molecule has 1 aliphatic carbocycles. The van der Waals surface area contributed by atoms with Crippen molar-refractivity contribution in [2.24, 2.45) is 12.5 Å². The van der Waals surface area contributed by atoms with Gasteiger partial charge < -0.3 is 5.32 Å². The van der Waals surface area contributed by atoms with E-state index in [1.807, 2.05) is 0 Å². The van der Waals surface area contributed by atoms with Crippen LogP contribution in [0.1, 0.15) is 29.8 Å². The van der Waals surface area contributed by atoms with Crippen molar-refractivity contribution in [1.29, 1.82) is 0 Å². The molecule has 1 amide bonds. The summed E-state index contributed by atoms with van der Waals surface area (Å²) >= 11 is 5.74. The highest BCUT2D eigenvalue weighted by Crippen LogP contribution is 2.48. The summed E-state index contributed by atoms with van der Waals surface area (Å²) in [5.74, 6) is 0.613. The van der Waals surface area contributed by atoms with Gasteiger partial charge in [-0.1, -0.05) is 0 Å². The lowest BCUT2D eigenvalue weighted by Crippen LogP contribution is -2.31. The predicted molar refractivity (Wildman–Crippen MR) is 62.5 cm³/mol. The number of alkyl halides is 1. The molecule has 0 saturated heterocycles. The number of halogens is 1. The number of nitrogens with one attached hydrogen (secondary N) is 1. The van der Waals surface area contributed by atoms with Crippen LogP contribution >= 0.6 is 11.6 Å². The molecule has 2 rings (SSSR count). The lowest BCUT2D eigenvalue weighted by atomic mass is 10.0. The van der Waals surface area contributed by atoms with Crippen LogP contribution < -0.4 is 5.32 Å². The summed E-state index contributed by atoms with van der Waals surface area (Å²) in [5, 5.41) is 6.92. The Balaban J connectivity index is 1.87. The summed E-state index contributed by atoms with van der Waals surface area (Å²) in [7, 11) is 1.76. The van der Waals surface area contributed by atoms with Crippen LogP contribution in [0.5, 0.6) is 0 Å². The molecule has 1 aliphatic rings. The smallest absolute Gasteiger partial charge is 0.269 e. The number of nitrogens with zero attached hydrogens (tertiary/aromatic N) is 2. The fourth-order valence-electron chi connectivity index (χ4n) is 1.85. The molecule has 4 nitrogen and oxygen atoms in total. The van der Waals surface area contributed by atoms with Gasteiger partial charge in [-0.2, -0.15) is 5.10 Å². The summed E-state index contributed by atoms with van der Waals surface area (Å²) in [5.41, 5.74) is 0.873. The Bertz CT molecular complexity index is 384. The molecule has 0 bridgehead atoms. The largest absolute Gasteiger partial charge is 0.350 e. The molecule has 0 aromatic carbocycles. The zero-order valence-corrected chi connectivity index (χ0v) is 10.1. The van der Waals surface area contributed by atoms with E-state index in [4.69, 9.17) is 11.6 Å². The summed E-state index contributed by atoms with van der Waals surface area (Å²) in [6, 6.07) is 1.72. The Hall–Kier alpha value is -1.03. The van der Waals surface area contributed by atoms with E-state index in [0.717, 1.165) is 13.0 Å². The maximum Gasteiger partial charge on any atom is 0.269 e. The van der Waals surface area contributed by atoms with Crippen LogP contribution in [0.15, 0.2) is 12.3 Å². The van der Waals surface area contributed by atoms with Gasteiger partial charge in [0.15, 0.2) is 0 Å². The minimum atomic E-state index is -0.0548. The van der Waals surface area contributed by atoms with Gasteiger partial charge in [-0.05, 0) is 30.7 Å². The van der Waals surface area contributed by atoms with Crippen LogP contribution in [-0.2, 0) is 7.05 Å². The van der Waals surface area contributed by atoms with Crippen molar-refractivity contribution in [3.05, 3.63) is 18.0 Å². The zero-order valence-electron chi connectivity index (χ0n) is 9.37. The molecule has 0 spiro atoms. The number of hydrogen-bond donors (Lipinski definition) is 1. The molecule has 0 radical (unpaired) electrons. The van der Waals surface area contributed by atoms with Crippen LogP contribution in [0.3, 0.4) is 0 Å². The van der Waals surface area contributed by atoms with Gasteiger partial charge in [-0.3, -0.25) is 9.48 Å². The Morgan fingerprint density at radius 3 is 2.94 bits per heavy atom. The molecule has 1 aromatic heterocycles. The van der Waals surface area contributed by atoms with E-state index in [-0.39, 0.29) is 11.3 Å². The van der Waals surface area contributed by atoms with Crippen molar-refractivity contribution in [1.82, 2.24) is 15.1 Å². The Morgan fingerprint density at radius 2 is 2.44 bits per heavy atom. The highest BCUT2D eigenvalue weighted by atomic mass is 35.5. The molecule has 1 aromatic rings. The quantitative estimate of drug-likeness (QED) is 0.796. The second-order valence-corrected chi connectivity index (χ2v) is 4.84. The van der Waals surface area contributed by atoms with E-state index in [1.165, 1.54) is 12.8 Å². The van der Waals surface area contributed by atoms with Crippen molar-refractivity contribution >= 4 is 17.5 Å². The van der Waals surface area contributed by atoms with Gasteiger partial charge in [0.25, 0.3) is 5.91 Å². The molecule has 88 valence electrons. The molecular formula is C11H16ClN3O. The maximum atomic E-state index is 11.8. The standard InChI is InChI=1S/C11H16ClN3O/c1-15-9(2-7-14-15)10(16)13-8-11(3-4-11)5-6-12/h2,7H,3-6,8H2,1H3,(H,13,16). The molecule has 1 heterocycles. The number of carbonyl (C=O) groups excluding carboxylic acids is 1. The van der Waals surface area contributed by atoms with E-state index >= 15 is 0 Å². The fourth-order valence-corrected chi connectivity index (χ4v) is 2.25. The molecule has 1 fully saturated rings. The number of amides is 1. The van der Waals surface area contributed by atoms with Gasteiger partial charge in [0.1, 0.15) is 5.69 Å². The molecule has 1 N–H and O–H groups in total. The third kappa shape index (κ3) is 2.38. The average Bonchev–Trinajstić information content (AvgIpc) is 2.89. The second-order valence-electron chi connectivity index (χ2n) is 4.46. The van der Waals surface area contributed by atoms with Crippen molar-refractivity contribution in [2.45, 2.75) is 19.3 Å². The van der Waals surface area contributed by atoms with E-state index in [9.17, 15) is 4.79 Å². The van der Waals surface area contributed by atoms with E-state index in [0.29, 0.717) is 11.6 Å². The van der Waals surface area contributed by atoms with Gasteiger partial charge >= 0.3 is 0 Å². The van der Waals surface area contributed by atoms with Crippen molar-refractivity contribution < 1.29 is 4.79 Å². The summed E-state index contributed by atoms with van der Waals surface area (Å²) < 4.78 is 1.58. The monoisotopic (exact) mass is 241 g/mol. The van der Waals surface area contributed by atoms with E-state index in [1.54, 1.807) is 24.0 Å². The van der Waals surface area contributed by atoms with Crippen LogP contribution in [0.2, 0.25) is 0 Å². The minimum absolute atomic E-state index is 0.0548. The highest BCUT2D eigenvalue weighted by molar-refractivity contribution is 6.17. The van der Waals surface area contributed by atoms with Gasteiger partial charge in [0, 0.05) is 25.7 Å². The van der Waals surface area contributed by atoms with Crippen LogP contribution in [0.4, 0.5) is 0 Å². The summed E-state index contributed by atoms with van der Waals surface area (Å²) in [6.07, 6.45) is 4.96. The number of rotatable bonds is 5. The molecule has 5 heteroatoms. The molecule has 16 heavy (non-hydrogen) atoms. The summed E-state index contributed by atoms with van der Waals surface area (Å²) in [6.45, 7) is 0.726. The third-order valence-electron chi connectivity index (χ3n) is 3.26. The lowest BCUT2D eigenvalue weighted by molar-refractivity contribution is 0.0935. The molecular weight excluding hydrogens is 226 g/mol. The SMILES string of the molecule is Cn1nccc1C(=O)NCC1(CCCl)CC1. The zero-order chi connectivity index (χ0) is 11.6. The molecule has 0 aliphatic heterocycles. The number of carbonyl (C=O) groups is 1. The minimum Gasteiger partial charge on any atom is -0.350 e. The Morgan fingerprint density at radius 1 is 1.69 bits per heavy atom. The molecule has 0 atom stereocenters. The first kappa shape index (κ1) is 11.5. The van der Waals surface area contributed by atoms with E-state index in [2.05, 4.69) is 10.4 Å². The van der Waals surface area contributed by atoms with Crippen molar-refractivity contribution in [3.63, 3.8) is 0 Å². The normalized spacial score (nSPS) is 17.1. The average molecular weight is 242 g/mol. The first-order valence-electron chi connectivity index (χ1n) is 5.49. The van der Waals surface area contributed by atoms with Crippen LogP contribution in [0, 0.1) is 5.41 Å². The van der Waals surface area contributed by atoms with Gasteiger partial charge in [-0.15, -0.1) is 11.6 Å². The first-order valence-corrected chi connectivity index (χ1v) is 6.02. The second kappa shape index (κ2) is 4.45. The van der Waals surface area contributed by atoms with Crippen LogP contribution in [-0.4, -0.2) is 28.1 Å². The summed E-state index contributed by atoms with van der Waals surface area (Å²) in [4.78, 5) is 11.8. The van der Waals surface area contributed by atoms with Crippen molar-refractivity contribution in [3.8, 4) is 0 Å². The third-order valence-corrected chi connectivity index (χ3v) is 3.45. The predicted octanol–water partition coefficient (Wildman–Crippen LogP) is 1.56. The lowest BCUT2D eigenvalue weighted by Gasteiger charge is -2.14. The van der Waals surface area contributed by atoms with Crippen LogP contribution in [0.25, 0.3) is 0 Å². The Labute approximate surface area is 100.0 Å². The van der Waals surface area contributed by atoms with Crippen molar-refractivity contribution in [2.75, 3.05) is 12.4 Å². The first-order chi connectivity index (χ1) is 7.67. The number of aromatic nitrogens is 2. The molecule has 0 unspecified atom stereocenters. The van der Waals surface area contributed by atoms with Gasteiger partial charge in [0.05, 0.1) is 0 Å². The van der Waals surface area contributed by atoms with Gasteiger partial charge in [-0.25, -0.2) is 0 Å². The maximum absolute atomic E-state index is 11.8. The number of aryl methyl sites for hydroxylation is 1. The van der Waals surface area contributed by atoms with E-state index < -0.39 is 0 Å².